The minimum Gasteiger partial charge on any atom is -0.350 e. The second-order valence-electron chi connectivity index (χ2n) is 3.48. The Morgan fingerprint density at radius 1 is 1.44 bits per heavy atom. The van der Waals surface area contributed by atoms with Crippen LogP contribution in [0.15, 0.2) is 45.3 Å². The third kappa shape index (κ3) is 4.44. The molecule has 18 heavy (non-hydrogen) atoms. The van der Waals surface area contributed by atoms with Crippen molar-refractivity contribution in [1.82, 2.24) is 10.3 Å². The lowest BCUT2D eigenvalue weighted by Crippen LogP contribution is -2.24. The number of thioether (sulfide) groups is 1. The number of carbonyl (C=O) groups is 1. The Labute approximate surface area is 122 Å². The molecule has 94 valence electrons. The number of rotatable bonds is 5. The van der Waals surface area contributed by atoms with Gasteiger partial charge in [-0.1, -0.05) is 0 Å². The van der Waals surface area contributed by atoms with E-state index in [1.54, 1.807) is 23.7 Å². The Morgan fingerprint density at radius 3 is 2.89 bits per heavy atom. The van der Waals surface area contributed by atoms with E-state index in [9.17, 15) is 4.79 Å². The summed E-state index contributed by atoms with van der Waals surface area (Å²) in [6.07, 6.45) is 3.45. The van der Waals surface area contributed by atoms with E-state index in [-0.39, 0.29) is 5.91 Å². The molecule has 0 aliphatic rings. The average Bonchev–Trinajstić information content (AvgIpc) is 2.81. The van der Waals surface area contributed by atoms with Gasteiger partial charge in [0.05, 0.1) is 12.3 Å². The second-order valence-corrected chi connectivity index (χ2v) is 6.44. The number of halogens is 1. The number of aromatic nitrogens is 1. The van der Waals surface area contributed by atoms with Crippen LogP contribution in [-0.2, 0) is 11.3 Å². The van der Waals surface area contributed by atoms with Crippen LogP contribution in [0.1, 0.15) is 4.88 Å². The van der Waals surface area contributed by atoms with E-state index in [1.165, 1.54) is 11.8 Å². The molecular formula is C12H11BrN2OS2. The number of amides is 1. The zero-order valence-electron chi connectivity index (χ0n) is 9.43. The van der Waals surface area contributed by atoms with Gasteiger partial charge in [-0.15, -0.1) is 23.1 Å². The zero-order valence-corrected chi connectivity index (χ0v) is 12.6. The molecule has 2 heterocycles. The molecule has 1 amide bonds. The zero-order chi connectivity index (χ0) is 12.8. The lowest BCUT2D eigenvalue weighted by molar-refractivity contribution is -0.118. The summed E-state index contributed by atoms with van der Waals surface area (Å²) in [5.74, 6) is 0.470. The van der Waals surface area contributed by atoms with Crippen molar-refractivity contribution in [1.29, 1.82) is 0 Å². The van der Waals surface area contributed by atoms with Crippen LogP contribution in [0.5, 0.6) is 0 Å². The summed E-state index contributed by atoms with van der Waals surface area (Å²) >= 11 is 6.53. The molecule has 0 unspecified atom stereocenters. The molecule has 0 saturated heterocycles. The molecule has 0 aliphatic carbocycles. The molecule has 0 spiro atoms. The molecule has 0 atom stereocenters. The van der Waals surface area contributed by atoms with Crippen molar-refractivity contribution in [2.75, 3.05) is 5.75 Å². The molecule has 2 aromatic heterocycles. The molecule has 3 nitrogen and oxygen atoms in total. The second kappa shape index (κ2) is 6.92. The summed E-state index contributed by atoms with van der Waals surface area (Å²) in [5, 5.41) is 4.90. The number of hydrogen-bond acceptors (Lipinski definition) is 4. The lowest BCUT2D eigenvalue weighted by atomic mass is 10.4. The summed E-state index contributed by atoms with van der Waals surface area (Å²) in [6, 6.07) is 5.81. The summed E-state index contributed by atoms with van der Waals surface area (Å²) in [4.78, 5) is 17.8. The molecule has 0 radical (unpaired) electrons. The first-order chi connectivity index (χ1) is 8.74. The summed E-state index contributed by atoms with van der Waals surface area (Å²) < 4.78 is 1.06. The molecule has 1 N–H and O–H groups in total. The normalized spacial score (nSPS) is 10.3. The standard InChI is InChI=1S/C12H11BrN2OS2/c13-9-5-11(17-7-9)6-15-12(16)8-18-10-1-3-14-4-2-10/h1-5,7H,6,8H2,(H,15,16). The van der Waals surface area contributed by atoms with Crippen LogP contribution < -0.4 is 5.32 Å². The van der Waals surface area contributed by atoms with Crippen LogP contribution in [0.25, 0.3) is 0 Å². The van der Waals surface area contributed by atoms with E-state index in [0.717, 1.165) is 14.2 Å². The van der Waals surface area contributed by atoms with Gasteiger partial charge in [0.25, 0.3) is 0 Å². The van der Waals surface area contributed by atoms with E-state index in [1.807, 2.05) is 23.6 Å². The molecular weight excluding hydrogens is 332 g/mol. The van der Waals surface area contributed by atoms with E-state index < -0.39 is 0 Å². The first-order valence-electron chi connectivity index (χ1n) is 5.26. The smallest absolute Gasteiger partial charge is 0.230 e. The van der Waals surface area contributed by atoms with E-state index in [4.69, 9.17) is 0 Å². The molecule has 0 aliphatic heterocycles. The van der Waals surface area contributed by atoms with Crippen LogP contribution in [0.2, 0.25) is 0 Å². The van der Waals surface area contributed by atoms with Crippen molar-refractivity contribution in [2.45, 2.75) is 11.4 Å². The number of hydrogen-bond donors (Lipinski definition) is 1. The number of pyridine rings is 1. The fourth-order valence-corrected chi connectivity index (χ4v) is 3.37. The molecule has 2 rings (SSSR count). The van der Waals surface area contributed by atoms with Gasteiger partial charge in [0.1, 0.15) is 0 Å². The largest absolute Gasteiger partial charge is 0.350 e. The summed E-state index contributed by atoms with van der Waals surface area (Å²) in [5.41, 5.74) is 0. The monoisotopic (exact) mass is 342 g/mol. The highest BCUT2D eigenvalue weighted by atomic mass is 79.9. The third-order valence-corrected chi connectivity index (χ3v) is 4.81. The maximum absolute atomic E-state index is 11.6. The number of thiophene rings is 1. The van der Waals surface area contributed by atoms with Gasteiger partial charge in [-0.2, -0.15) is 0 Å². The van der Waals surface area contributed by atoms with Gasteiger partial charge in [-0.05, 0) is 34.1 Å². The predicted octanol–water partition coefficient (Wildman–Crippen LogP) is 3.31. The van der Waals surface area contributed by atoms with Gasteiger partial charge < -0.3 is 5.32 Å². The van der Waals surface area contributed by atoms with Gasteiger partial charge in [0.15, 0.2) is 0 Å². The first-order valence-corrected chi connectivity index (χ1v) is 7.92. The van der Waals surface area contributed by atoms with Gasteiger partial charge in [0.2, 0.25) is 5.91 Å². The first kappa shape index (κ1) is 13.6. The summed E-state index contributed by atoms with van der Waals surface area (Å²) in [6.45, 7) is 0.589. The Kier molecular flexibility index (Phi) is 5.22. The lowest BCUT2D eigenvalue weighted by Gasteiger charge is -2.03. The maximum atomic E-state index is 11.6. The van der Waals surface area contributed by atoms with Crippen molar-refractivity contribution < 1.29 is 4.79 Å². The van der Waals surface area contributed by atoms with E-state index in [0.29, 0.717) is 12.3 Å². The Balaban J connectivity index is 1.73. The third-order valence-electron chi connectivity index (χ3n) is 2.10. The van der Waals surface area contributed by atoms with Gasteiger partial charge in [0, 0.05) is 32.0 Å². The highest BCUT2D eigenvalue weighted by Crippen LogP contribution is 2.19. The van der Waals surface area contributed by atoms with E-state index in [2.05, 4.69) is 26.2 Å². The highest BCUT2D eigenvalue weighted by Gasteiger charge is 2.04. The molecule has 0 bridgehead atoms. The van der Waals surface area contributed by atoms with Crippen LogP contribution in [0, 0.1) is 0 Å². The van der Waals surface area contributed by atoms with Crippen molar-refractivity contribution in [3.8, 4) is 0 Å². The maximum Gasteiger partial charge on any atom is 0.230 e. The summed E-state index contributed by atoms with van der Waals surface area (Å²) in [7, 11) is 0. The Hall–Kier alpha value is -0.850. The SMILES string of the molecule is O=C(CSc1ccncc1)NCc1cc(Br)cs1. The van der Waals surface area contributed by atoms with Crippen molar-refractivity contribution in [3.63, 3.8) is 0 Å². The van der Waals surface area contributed by atoms with E-state index >= 15 is 0 Å². The molecule has 0 saturated carbocycles. The average molecular weight is 343 g/mol. The van der Waals surface area contributed by atoms with Crippen LogP contribution in [0.4, 0.5) is 0 Å². The fourth-order valence-electron chi connectivity index (χ4n) is 1.27. The van der Waals surface area contributed by atoms with Crippen LogP contribution in [0.3, 0.4) is 0 Å². The Bertz CT molecular complexity index is 516. The molecule has 0 fully saturated rings. The van der Waals surface area contributed by atoms with Gasteiger partial charge in [-0.25, -0.2) is 0 Å². The Morgan fingerprint density at radius 2 is 2.22 bits per heavy atom. The molecule has 6 heteroatoms. The highest BCUT2D eigenvalue weighted by molar-refractivity contribution is 9.10. The number of nitrogens with one attached hydrogen (secondary N) is 1. The quantitative estimate of drug-likeness (QED) is 0.847. The van der Waals surface area contributed by atoms with Gasteiger partial charge in [-0.3, -0.25) is 9.78 Å². The van der Waals surface area contributed by atoms with Crippen molar-refractivity contribution in [3.05, 3.63) is 45.3 Å². The van der Waals surface area contributed by atoms with Crippen molar-refractivity contribution in [2.24, 2.45) is 0 Å². The fraction of sp³-hybridized carbons (Fsp3) is 0.167. The van der Waals surface area contributed by atoms with Crippen LogP contribution in [-0.4, -0.2) is 16.6 Å². The minimum absolute atomic E-state index is 0.0429. The molecule has 0 aromatic carbocycles. The molecule has 2 aromatic rings. The topological polar surface area (TPSA) is 42.0 Å². The van der Waals surface area contributed by atoms with Crippen LogP contribution >= 0.6 is 39.0 Å². The van der Waals surface area contributed by atoms with Gasteiger partial charge >= 0.3 is 0 Å². The minimum atomic E-state index is 0.0429. The number of carbonyl (C=O) groups excluding carboxylic acids is 1. The number of nitrogens with zero attached hydrogens (tertiary/aromatic N) is 1. The predicted molar refractivity (Wildman–Crippen MR) is 78.8 cm³/mol. The van der Waals surface area contributed by atoms with Crippen molar-refractivity contribution >= 4 is 44.9 Å².